The number of halogens is 3. The molecule has 0 saturated carbocycles. The first-order valence-electron chi connectivity index (χ1n) is 6.81. The summed E-state index contributed by atoms with van der Waals surface area (Å²) in [7, 11) is 0. The summed E-state index contributed by atoms with van der Waals surface area (Å²) in [6.07, 6.45) is 8.29. The minimum Gasteiger partial charge on any atom is -0.355 e. The van der Waals surface area contributed by atoms with Gasteiger partial charge in [0.1, 0.15) is 0 Å². The van der Waals surface area contributed by atoms with Crippen LogP contribution in [0.5, 0.6) is 0 Å². The van der Waals surface area contributed by atoms with Crippen molar-refractivity contribution in [1.29, 1.82) is 0 Å². The SMILES string of the molecule is C=C1C=C/C=C(/C#Cc2ccc(C(F)(F)F)cc2)N/C=C\C=C/1. The molecule has 0 aromatic heterocycles. The van der Waals surface area contributed by atoms with E-state index in [1.54, 1.807) is 24.4 Å². The normalized spacial score (nSPS) is 19.6. The highest BCUT2D eigenvalue weighted by Gasteiger charge is 2.29. The first-order chi connectivity index (χ1) is 10.9. The van der Waals surface area contributed by atoms with Crippen LogP contribution < -0.4 is 5.32 Å². The smallest absolute Gasteiger partial charge is 0.355 e. The molecule has 1 N–H and O–H groups in total. The molecule has 2 rings (SSSR count). The Labute approximate surface area is 133 Å². The van der Waals surface area contributed by atoms with E-state index in [1.165, 1.54) is 12.1 Å². The van der Waals surface area contributed by atoms with E-state index in [9.17, 15) is 13.2 Å². The minimum absolute atomic E-state index is 0.509. The maximum atomic E-state index is 12.5. The molecule has 116 valence electrons. The van der Waals surface area contributed by atoms with Crippen LogP contribution in [0.3, 0.4) is 0 Å². The van der Waals surface area contributed by atoms with Gasteiger partial charge < -0.3 is 5.32 Å². The van der Waals surface area contributed by atoms with E-state index in [-0.39, 0.29) is 0 Å². The van der Waals surface area contributed by atoms with Crippen LogP contribution in [0, 0.1) is 11.8 Å². The Balaban J connectivity index is 2.18. The molecule has 1 aromatic carbocycles. The fourth-order valence-corrected chi connectivity index (χ4v) is 1.70. The third-order valence-corrected chi connectivity index (χ3v) is 2.88. The number of alkyl halides is 3. The van der Waals surface area contributed by atoms with Crippen molar-refractivity contribution in [3.8, 4) is 11.8 Å². The Kier molecular flexibility index (Phi) is 5.27. The van der Waals surface area contributed by atoms with E-state index in [1.807, 2.05) is 18.2 Å². The Bertz CT molecular complexity index is 749. The van der Waals surface area contributed by atoms with Gasteiger partial charge in [0.05, 0.1) is 11.3 Å². The molecule has 4 heteroatoms. The number of allylic oxidation sites excluding steroid dienone is 8. The van der Waals surface area contributed by atoms with Crippen LogP contribution in [0.2, 0.25) is 0 Å². The van der Waals surface area contributed by atoms with E-state index in [4.69, 9.17) is 0 Å². The molecule has 0 spiro atoms. The molecule has 1 aliphatic heterocycles. The second kappa shape index (κ2) is 7.37. The van der Waals surface area contributed by atoms with Crippen LogP contribution in [-0.2, 0) is 6.18 Å². The van der Waals surface area contributed by atoms with Gasteiger partial charge in [-0.2, -0.15) is 13.2 Å². The molecule has 0 unspecified atom stereocenters. The van der Waals surface area contributed by atoms with Gasteiger partial charge in [-0.15, -0.1) is 0 Å². The Morgan fingerprint density at radius 1 is 0.913 bits per heavy atom. The van der Waals surface area contributed by atoms with Crippen molar-refractivity contribution in [3.05, 3.63) is 95.9 Å². The summed E-state index contributed by atoms with van der Waals surface area (Å²) in [5.41, 5.74) is 1.30. The van der Waals surface area contributed by atoms with Crippen LogP contribution in [0.1, 0.15) is 11.1 Å². The molecule has 0 fully saturated rings. The minimum atomic E-state index is -4.34. The maximum Gasteiger partial charge on any atom is 0.416 e. The van der Waals surface area contributed by atoms with Gasteiger partial charge in [-0.05, 0) is 47.9 Å². The molecule has 0 bridgehead atoms. The number of rotatable bonds is 0. The van der Waals surface area contributed by atoms with Gasteiger partial charge >= 0.3 is 6.18 Å². The van der Waals surface area contributed by atoms with Crippen molar-refractivity contribution >= 4 is 0 Å². The topological polar surface area (TPSA) is 12.0 Å². The lowest BCUT2D eigenvalue weighted by atomic mass is 10.1. The third kappa shape index (κ3) is 5.40. The van der Waals surface area contributed by atoms with Gasteiger partial charge in [-0.3, -0.25) is 0 Å². The van der Waals surface area contributed by atoms with Crippen LogP contribution in [0.25, 0.3) is 0 Å². The average molecular weight is 313 g/mol. The highest BCUT2D eigenvalue weighted by Crippen LogP contribution is 2.28. The molecular weight excluding hydrogens is 299 g/mol. The molecule has 1 aromatic rings. The number of benzene rings is 1. The lowest BCUT2D eigenvalue weighted by Crippen LogP contribution is -2.04. The second-order valence-corrected chi connectivity index (χ2v) is 4.70. The lowest BCUT2D eigenvalue weighted by molar-refractivity contribution is -0.137. The van der Waals surface area contributed by atoms with Crippen molar-refractivity contribution in [2.24, 2.45) is 0 Å². The van der Waals surface area contributed by atoms with E-state index in [0.29, 0.717) is 11.3 Å². The first-order valence-corrected chi connectivity index (χ1v) is 6.81. The summed E-state index contributed by atoms with van der Waals surface area (Å²) < 4.78 is 37.5. The predicted molar refractivity (Wildman–Crippen MR) is 86.1 cm³/mol. The molecule has 23 heavy (non-hydrogen) atoms. The molecule has 0 saturated heterocycles. The van der Waals surface area contributed by atoms with Crippen molar-refractivity contribution in [3.63, 3.8) is 0 Å². The Morgan fingerprint density at radius 2 is 1.61 bits per heavy atom. The lowest BCUT2D eigenvalue weighted by Gasteiger charge is -2.05. The quantitative estimate of drug-likeness (QED) is 0.683. The van der Waals surface area contributed by atoms with Gasteiger partial charge in [0.2, 0.25) is 0 Å². The zero-order valence-corrected chi connectivity index (χ0v) is 12.2. The molecule has 0 aliphatic carbocycles. The standard InChI is InChI=1S/C19H14F3N/c1-15-5-2-3-14-23-18(7-4-6-15)13-10-16-8-11-17(12-9-16)19(20,21)22/h2-9,11-12,14,23H,1H2/b5-2-,6-4?,14-3-,18-7-. The molecule has 1 nitrogen and oxygen atoms in total. The van der Waals surface area contributed by atoms with Gasteiger partial charge in [0.15, 0.2) is 0 Å². The van der Waals surface area contributed by atoms with Crippen LogP contribution in [0.15, 0.2) is 84.8 Å². The van der Waals surface area contributed by atoms with Gasteiger partial charge in [0, 0.05) is 11.8 Å². The fourth-order valence-electron chi connectivity index (χ4n) is 1.70. The zero-order chi connectivity index (χ0) is 16.7. The monoisotopic (exact) mass is 313 g/mol. The molecule has 0 atom stereocenters. The average Bonchev–Trinajstić information content (AvgIpc) is 2.51. The molecule has 1 heterocycles. The highest BCUT2D eigenvalue weighted by atomic mass is 19.4. The van der Waals surface area contributed by atoms with Crippen LogP contribution >= 0.6 is 0 Å². The summed E-state index contributed by atoms with van der Waals surface area (Å²) in [5, 5.41) is 3.00. The second-order valence-electron chi connectivity index (χ2n) is 4.70. The maximum absolute atomic E-state index is 12.5. The Morgan fingerprint density at radius 3 is 2.30 bits per heavy atom. The summed E-state index contributed by atoms with van der Waals surface area (Å²) in [6, 6.07) is 4.75. The van der Waals surface area contributed by atoms with E-state index < -0.39 is 11.7 Å². The fraction of sp³-hybridized carbons (Fsp3) is 0.0526. The summed E-state index contributed by atoms with van der Waals surface area (Å²) >= 11 is 0. The van der Waals surface area contributed by atoms with Crippen molar-refractivity contribution in [1.82, 2.24) is 5.32 Å². The van der Waals surface area contributed by atoms with E-state index in [2.05, 4.69) is 23.7 Å². The molecule has 0 radical (unpaired) electrons. The summed E-state index contributed by atoms with van der Waals surface area (Å²) in [5.74, 6) is 5.72. The largest absolute Gasteiger partial charge is 0.416 e. The summed E-state index contributed by atoms with van der Waals surface area (Å²) in [6.45, 7) is 3.85. The van der Waals surface area contributed by atoms with Crippen LogP contribution in [-0.4, -0.2) is 0 Å². The van der Waals surface area contributed by atoms with Crippen molar-refractivity contribution < 1.29 is 13.2 Å². The zero-order valence-electron chi connectivity index (χ0n) is 12.2. The number of hydrogen-bond donors (Lipinski definition) is 1. The number of hydrogen-bond acceptors (Lipinski definition) is 1. The van der Waals surface area contributed by atoms with Gasteiger partial charge in [0.25, 0.3) is 0 Å². The Hall–Kier alpha value is -2.93. The van der Waals surface area contributed by atoms with Gasteiger partial charge in [-0.25, -0.2) is 0 Å². The predicted octanol–water partition coefficient (Wildman–Crippen LogP) is 4.73. The van der Waals surface area contributed by atoms with E-state index >= 15 is 0 Å². The van der Waals surface area contributed by atoms with E-state index in [0.717, 1.165) is 17.7 Å². The first kappa shape index (κ1) is 16.4. The van der Waals surface area contributed by atoms with Gasteiger partial charge in [-0.1, -0.05) is 36.8 Å². The number of nitrogens with one attached hydrogen (secondary N) is 1. The molecular formula is C19H14F3N. The molecule has 0 amide bonds. The van der Waals surface area contributed by atoms with Crippen molar-refractivity contribution in [2.75, 3.05) is 0 Å². The van der Waals surface area contributed by atoms with Crippen molar-refractivity contribution in [2.45, 2.75) is 6.18 Å². The molecule has 1 aliphatic rings. The highest BCUT2D eigenvalue weighted by molar-refractivity contribution is 5.44. The summed E-state index contributed by atoms with van der Waals surface area (Å²) in [4.78, 5) is 0. The third-order valence-electron chi connectivity index (χ3n) is 2.88. The van der Waals surface area contributed by atoms with Crippen LogP contribution in [0.4, 0.5) is 13.2 Å².